The molecular formula is C10H12N4O2S. The van der Waals surface area contributed by atoms with E-state index in [0.717, 1.165) is 22.7 Å². The van der Waals surface area contributed by atoms with E-state index in [1.807, 2.05) is 19.3 Å². The molecule has 0 saturated carbocycles. The van der Waals surface area contributed by atoms with E-state index in [0.29, 0.717) is 13.1 Å². The van der Waals surface area contributed by atoms with Crippen LogP contribution in [0, 0.1) is 0 Å². The molecule has 2 aromatic rings. The lowest BCUT2D eigenvalue weighted by atomic mass is 10.4. The number of carboxylic acid groups (broad SMARTS) is 1. The Morgan fingerprint density at radius 2 is 2.29 bits per heavy atom. The zero-order valence-electron chi connectivity index (χ0n) is 9.25. The first-order valence-corrected chi connectivity index (χ1v) is 5.90. The maximum atomic E-state index is 10.6. The highest BCUT2D eigenvalue weighted by Crippen LogP contribution is 2.09. The van der Waals surface area contributed by atoms with Crippen LogP contribution in [0.3, 0.4) is 0 Å². The van der Waals surface area contributed by atoms with E-state index in [1.54, 1.807) is 10.1 Å². The summed E-state index contributed by atoms with van der Waals surface area (Å²) in [5.41, 5.74) is 1.68. The van der Waals surface area contributed by atoms with Crippen LogP contribution in [0.4, 0.5) is 0 Å². The number of hydrogen-bond donors (Lipinski definition) is 2. The molecule has 17 heavy (non-hydrogen) atoms. The molecule has 2 rings (SSSR count). The lowest BCUT2D eigenvalue weighted by Crippen LogP contribution is -2.13. The number of nitrogens with one attached hydrogen (secondary N) is 1. The molecule has 2 N–H and O–H groups in total. The number of nitrogens with zero attached hydrogens (tertiary/aromatic N) is 3. The number of hydrogen-bond acceptors (Lipinski definition) is 5. The van der Waals surface area contributed by atoms with E-state index in [9.17, 15) is 4.79 Å². The van der Waals surface area contributed by atoms with Crippen LogP contribution in [-0.2, 0) is 20.1 Å². The number of thiazole rings is 1. The molecule has 2 heterocycles. The second-order valence-corrected chi connectivity index (χ2v) is 4.39. The average molecular weight is 252 g/mol. The highest BCUT2D eigenvalue weighted by atomic mass is 32.1. The number of rotatable bonds is 5. The lowest BCUT2D eigenvalue weighted by Gasteiger charge is -1.98. The van der Waals surface area contributed by atoms with Gasteiger partial charge in [0.05, 0.1) is 11.4 Å². The minimum absolute atomic E-state index is 0.125. The molecule has 0 aliphatic heterocycles. The maximum Gasteiger partial charge on any atom is 0.365 e. The monoisotopic (exact) mass is 252 g/mol. The van der Waals surface area contributed by atoms with Gasteiger partial charge in [0.15, 0.2) is 0 Å². The van der Waals surface area contributed by atoms with E-state index in [2.05, 4.69) is 15.4 Å². The molecular weight excluding hydrogens is 240 g/mol. The van der Waals surface area contributed by atoms with Crippen molar-refractivity contribution in [1.29, 1.82) is 0 Å². The molecule has 6 nitrogen and oxygen atoms in total. The van der Waals surface area contributed by atoms with Gasteiger partial charge in [0.2, 0.25) is 5.01 Å². The minimum atomic E-state index is -0.981. The van der Waals surface area contributed by atoms with Gasteiger partial charge in [-0.15, -0.1) is 11.3 Å². The summed E-state index contributed by atoms with van der Waals surface area (Å²) in [6.07, 6.45) is 1.88. The van der Waals surface area contributed by atoms with Crippen LogP contribution in [0.15, 0.2) is 17.6 Å². The third kappa shape index (κ3) is 3.11. The molecule has 7 heteroatoms. The molecule has 0 aliphatic rings. The smallest absolute Gasteiger partial charge is 0.365 e. The molecule has 0 radical (unpaired) electrons. The van der Waals surface area contributed by atoms with Gasteiger partial charge in [0, 0.05) is 31.7 Å². The predicted octanol–water partition coefficient (Wildman–Crippen LogP) is 0.865. The van der Waals surface area contributed by atoms with Crippen molar-refractivity contribution in [2.75, 3.05) is 0 Å². The summed E-state index contributed by atoms with van der Waals surface area (Å²) in [7, 11) is 1.86. The largest absolute Gasteiger partial charge is 0.476 e. The van der Waals surface area contributed by atoms with Crippen LogP contribution in [0.1, 0.15) is 21.2 Å². The first-order chi connectivity index (χ1) is 8.15. The van der Waals surface area contributed by atoms with Crippen LogP contribution in [-0.4, -0.2) is 25.8 Å². The molecule has 0 fully saturated rings. The molecule has 90 valence electrons. The predicted molar refractivity (Wildman–Crippen MR) is 62.8 cm³/mol. The number of aromatic nitrogens is 3. The lowest BCUT2D eigenvalue weighted by molar-refractivity contribution is 0.0696. The Hall–Kier alpha value is -1.73. The number of carbonyl (C=O) groups is 1. The molecule has 0 aliphatic carbocycles. The Labute approximate surface area is 102 Å². The van der Waals surface area contributed by atoms with E-state index in [4.69, 9.17) is 5.11 Å². The zero-order valence-corrected chi connectivity index (χ0v) is 10.1. The van der Waals surface area contributed by atoms with Gasteiger partial charge in [0.1, 0.15) is 0 Å². The summed E-state index contributed by atoms with van der Waals surface area (Å²) < 4.78 is 1.74. The molecule has 2 aromatic heterocycles. The highest BCUT2D eigenvalue weighted by molar-refractivity contribution is 7.11. The van der Waals surface area contributed by atoms with Crippen LogP contribution < -0.4 is 5.32 Å². The Balaban J connectivity index is 1.83. The van der Waals surface area contributed by atoms with Crippen molar-refractivity contribution in [3.05, 3.63) is 34.0 Å². The van der Waals surface area contributed by atoms with Gasteiger partial charge >= 0.3 is 5.97 Å². The van der Waals surface area contributed by atoms with Crippen LogP contribution in [0.2, 0.25) is 0 Å². The number of carboxylic acids is 1. The van der Waals surface area contributed by atoms with Crippen molar-refractivity contribution < 1.29 is 9.90 Å². The first-order valence-electron chi connectivity index (χ1n) is 5.02. The molecule has 0 atom stereocenters. The fourth-order valence-corrected chi connectivity index (χ4v) is 2.02. The molecule has 0 aromatic carbocycles. The van der Waals surface area contributed by atoms with Gasteiger partial charge in [0.25, 0.3) is 0 Å². The second-order valence-electron chi connectivity index (χ2n) is 3.53. The third-order valence-corrected chi connectivity index (χ3v) is 2.99. The molecule has 0 bridgehead atoms. The van der Waals surface area contributed by atoms with Crippen LogP contribution in [0.5, 0.6) is 0 Å². The minimum Gasteiger partial charge on any atom is -0.476 e. The van der Waals surface area contributed by atoms with Gasteiger partial charge < -0.3 is 10.4 Å². The van der Waals surface area contributed by atoms with Crippen molar-refractivity contribution in [2.45, 2.75) is 13.1 Å². The fourth-order valence-electron chi connectivity index (χ4n) is 1.36. The molecule has 0 amide bonds. The van der Waals surface area contributed by atoms with Crippen molar-refractivity contribution in [3.63, 3.8) is 0 Å². The summed E-state index contributed by atoms with van der Waals surface area (Å²) in [6, 6.07) is 1.93. The summed E-state index contributed by atoms with van der Waals surface area (Å²) in [5.74, 6) is -0.981. The van der Waals surface area contributed by atoms with E-state index in [-0.39, 0.29) is 5.01 Å². The third-order valence-electron chi connectivity index (χ3n) is 2.12. The summed E-state index contributed by atoms with van der Waals surface area (Å²) in [4.78, 5) is 14.6. The van der Waals surface area contributed by atoms with E-state index >= 15 is 0 Å². The Morgan fingerprint density at radius 1 is 1.53 bits per heavy atom. The Bertz CT molecular complexity index is 520. The van der Waals surface area contributed by atoms with Crippen LogP contribution >= 0.6 is 11.3 Å². The van der Waals surface area contributed by atoms with Crippen molar-refractivity contribution >= 4 is 17.3 Å². The molecule has 0 spiro atoms. The summed E-state index contributed by atoms with van der Waals surface area (Å²) >= 11 is 1.14. The SMILES string of the molecule is Cn1ccc(CNCc2csc(C(=O)O)n2)n1. The van der Waals surface area contributed by atoms with Crippen LogP contribution in [0.25, 0.3) is 0 Å². The normalized spacial score (nSPS) is 10.6. The summed E-state index contributed by atoms with van der Waals surface area (Å²) in [5, 5.41) is 18.0. The Kier molecular flexibility index (Phi) is 3.50. The van der Waals surface area contributed by atoms with Gasteiger partial charge in [-0.05, 0) is 6.07 Å². The second kappa shape index (κ2) is 5.07. The maximum absolute atomic E-state index is 10.6. The van der Waals surface area contributed by atoms with Gasteiger partial charge in [-0.25, -0.2) is 9.78 Å². The first kappa shape index (κ1) is 11.7. The van der Waals surface area contributed by atoms with Gasteiger partial charge in [-0.2, -0.15) is 5.10 Å². The van der Waals surface area contributed by atoms with Gasteiger partial charge in [-0.1, -0.05) is 0 Å². The van der Waals surface area contributed by atoms with E-state index < -0.39 is 5.97 Å². The average Bonchev–Trinajstić information content (AvgIpc) is 2.88. The quantitative estimate of drug-likeness (QED) is 0.825. The molecule has 0 unspecified atom stereocenters. The Morgan fingerprint density at radius 3 is 2.88 bits per heavy atom. The number of aromatic carboxylic acids is 1. The van der Waals surface area contributed by atoms with Gasteiger partial charge in [-0.3, -0.25) is 4.68 Å². The van der Waals surface area contributed by atoms with Crippen molar-refractivity contribution in [2.24, 2.45) is 7.05 Å². The highest BCUT2D eigenvalue weighted by Gasteiger charge is 2.08. The standard InChI is InChI=1S/C10H12N4O2S/c1-14-3-2-7(13-14)4-11-5-8-6-17-9(12-8)10(15)16/h2-3,6,11H,4-5H2,1H3,(H,15,16). The zero-order chi connectivity index (χ0) is 12.3. The summed E-state index contributed by atoms with van der Waals surface area (Å²) in [6.45, 7) is 1.18. The van der Waals surface area contributed by atoms with Crippen molar-refractivity contribution in [1.82, 2.24) is 20.1 Å². The van der Waals surface area contributed by atoms with E-state index in [1.165, 1.54) is 0 Å². The topological polar surface area (TPSA) is 80.0 Å². The fraction of sp³-hybridized carbons (Fsp3) is 0.300. The van der Waals surface area contributed by atoms with Crippen molar-refractivity contribution in [3.8, 4) is 0 Å². The molecule has 0 saturated heterocycles. The number of aryl methyl sites for hydroxylation is 1.